The maximum Gasteiger partial charge on any atom is 0.240 e. The van der Waals surface area contributed by atoms with Gasteiger partial charge in [-0.2, -0.15) is 0 Å². The molecule has 0 saturated heterocycles. The first kappa shape index (κ1) is 16.5. The van der Waals surface area contributed by atoms with Gasteiger partial charge in [0.25, 0.3) is 0 Å². The summed E-state index contributed by atoms with van der Waals surface area (Å²) in [5.74, 6) is 0. The molecular weight excluding hydrogens is 284 g/mol. The van der Waals surface area contributed by atoms with Crippen LogP contribution in [0.25, 0.3) is 0 Å². The van der Waals surface area contributed by atoms with E-state index in [2.05, 4.69) is 11.6 Å². The fourth-order valence-corrected chi connectivity index (χ4v) is 4.16. The highest BCUT2D eigenvalue weighted by Crippen LogP contribution is 2.37. The first-order chi connectivity index (χ1) is 9.86. The Labute approximate surface area is 128 Å². The van der Waals surface area contributed by atoms with Gasteiger partial charge in [-0.25, -0.2) is 13.1 Å². The van der Waals surface area contributed by atoms with Crippen molar-refractivity contribution in [1.82, 2.24) is 4.72 Å². The third-order valence-electron chi connectivity index (χ3n) is 4.54. The van der Waals surface area contributed by atoms with Crippen LogP contribution in [0.4, 0.5) is 0 Å². The quantitative estimate of drug-likeness (QED) is 0.848. The van der Waals surface area contributed by atoms with Gasteiger partial charge in [0.05, 0.1) is 4.90 Å². The zero-order valence-electron chi connectivity index (χ0n) is 12.9. The Morgan fingerprint density at radius 2 is 2.00 bits per heavy atom. The number of benzene rings is 1. The standard InChI is InChI=1S/C16H26N2O2S/c1-3-15(17)13-7-6-8-14(11-13)21(19,20)18-12-16(2)9-4-5-10-16/h6-8,11,15,18H,3-5,9-10,12,17H2,1-2H3. The Morgan fingerprint density at radius 3 is 2.62 bits per heavy atom. The molecule has 0 heterocycles. The Morgan fingerprint density at radius 1 is 1.33 bits per heavy atom. The van der Waals surface area contributed by atoms with Crippen LogP contribution in [0.1, 0.15) is 57.6 Å². The summed E-state index contributed by atoms with van der Waals surface area (Å²) in [6.45, 7) is 4.66. The van der Waals surface area contributed by atoms with Crippen molar-refractivity contribution in [1.29, 1.82) is 0 Å². The Bertz CT molecular complexity index is 578. The number of nitrogens with one attached hydrogen (secondary N) is 1. The van der Waals surface area contributed by atoms with Gasteiger partial charge in [-0.05, 0) is 42.4 Å². The summed E-state index contributed by atoms with van der Waals surface area (Å²) in [7, 11) is -3.46. The lowest BCUT2D eigenvalue weighted by atomic mass is 9.89. The van der Waals surface area contributed by atoms with Gasteiger partial charge in [-0.3, -0.25) is 0 Å². The van der Waals surface area contributed by atoms with E-state index in [4.69, 9.17) is 5.73 Å². The third kappa shape index (κ3) is 4.05. The van der Waals surface area contributed by atoms with E-state index >= 15 is 0 Å². The van der Waals surface area contributed by atoms with Crippen LogP contribution in [-0.2, 0) is 10.0 Å². The highest BCUT2D eigenvalue weighted by molar-refractivity contribution is 7.89. The molecule has 1 aromatic rings. The topological polar surface area (TPSA) is 72.2 Å². The average molecular weight is 310 g/mol. The minimum Gasteiger partial charge on any atom is -0.324 e. The fraction of sp³-hybridized carbons (Fsp3) is 0.625. The fourth-order valence-electron chi connectivity index (χ4n) is 2.91. The molecule has 0 bridgehead atoms. The smallest absolute Gasteiger partial charge is 0.240 e. The van der Waals surface area contributed by atoms with Gasteiger partial charge in [-0.15, -0.1) is 0 Å². The number of hydrogen-bond acceptors (Lipinski definition) is 3. The first-order valence-electron chi connectivity index (χ1n) is 7.71. The molecule has 0 radical (unpaired) electrons. The Hall–Kier alpha value is -0.910. The molecule has 118 valence electrons. The van der Waals surface area contributed by atoms with Gasteiger partial charge in [0, 0.05) is 12.6 Å². The van der Waals surface area contributed by atoms with Crippen LogP contribution in [-0.4, -0.2) is 15.0 Å². The molecule has 0 spiro atoms. The molecule has 1 unspecified atom stereocenters. The van der Waals surface area contributed by atoms with E-state index in [0.29, 0.717) is 11.4 Å². The number of hydrogen-bond donors (Lipinski definition) is 2. The third-order valence-corrected chi connectivity index (χ3v) is 5.93. The zero-order chi connectivity index (χ0) is 15.5. The predicted octanol–water partition coefficient (Wildman–Crippen LogP) is 2.96. The molecule has 0 amide bonds. The van der Waals surface area contributed by atoms with E-state index in [9.17, 15) is 8.42 Å². The molecule has 1 aliphatic carbocycles. The van der Waals surface area contributed by atoms with E-state index in [1.54, 1.807) is 18.2 Å². The van der Waals surface area contributed by atoms with Crippen LogP contribution in [0.3, 0.4) is 0 Å². The van der Waals surface area contributed by atoms with Crippen LogP contribution < -0.4 is 10.5 Å². The van der Waals surface area contributed by atoms with Crippen molar-refractivity contribution in [3.63, 3.8) is 0 Å². The number of sulfonamides is 1. The molecule has 4 nitrogen and oxygen atoms in total. The molecule has 0 aromatic heterocycles. The predicted molar refractivity (Wildman–Crippen MR) is 85.4 cm³/mol. The second-order valence-corrected chi connectivity index (χ2v) is 8.20. The summed E-state index contributed by atoms with van der Waals surface area (Å²) in [6.07, 6.45) is 5.36. The van der Waals surface area contributed by atoms with Crippen LogP contribution >= 0.6 is 0 Å². The van der Waals surface area contributed by atoms with Gasteiger partial charge in [-0.1, -0.05) is 38.8 Å². The normalized spacial score (nSPS) is 19.6. The lowest BCUT2D eigenvalue weighted by Crippen LogP contribution is -2.34. The molecule has 1 aromatic carbocycles. The summed E-state index contributed by atoms with van der Waals surface area (Å²) in [5.41, 5.74) is 6.96. The first-order valence-corrected chi connectivity index (χ1v) is 9.20. The molecule has 1 atom stereocenters. The van der Waals surface area contributed by atoms with Crippen molar-refractivity contribution < 1.29 is 8.42 Å². The maximum atomic E-state index is 12.4. The van der Waals surface area contributed by atoms with Gasteiger partial charge in [0.1, 0.15) is 0 Å². The van der Waals surface area contributed by atoms with Crippen molar-refractivity contribution >= 4 is 10.0 Å². The summed E-state index contributed by atoms with van der Waals surface area (Å²) in [6, 6.07) is 6.84. The average Bonchev–Trinajstić information content (AvgIpc) is 2.92. The van der Waals surface area contributed by atoms with Crippen LogP contribution in [0.2, 0.25) is 0 Å². The van der Waals surface area contributed by atoms with Crippen molar-refractivity contribution in [2.75, 3.05) is 6.54 Å². The van der Waals surface area contributed by atoms with Crippen LogP contribution in [0.5, 0.6) is 0 Å². The monoisotopic (exact) mass is 310 g/mol. The second-order valence-electron chi connectivity index (χ2n) is 6.43. The molecule has 1 saturated carbocycles. The van der Waals surface area contributed by atoms with Crippen LogP contribution in [0.15, 0.2) is 29.2 Å². The molecular formula is C16H26N2O2S. The summed E-state index contributed by atoms with van der Waals surface area (Å²) in [5, 5.41) is 0. The Kier molecular flexibility index (Phi) is 5.07. The minimum absolute atomic E-state index is 0.102. The van der Waals surface area contributed by atoms with Gasteiger partial charge in [0.2, 0.25) is 10.0 Å². The van der Waals surface area contributed by atoms with Crippen molar-refractivity contribution in [2.24, 2.45) is 11.1 Å². The highest BCUT2D eigenvalue weighted by Gasteiger charge is 2.30. The highest BCUT2D eigenvalue weighted by atomic mass is 32.2. The molecule has 21 heavy (non-hydrogen) atoms. The number of rotatable bonds is 6. The largest absolute Gasteiger partial charge is 0.324 e. The van der Waals surface area contributed by atoms with E-state index in [1.807, 2.05) is 13.0 Å². The SMILES string of the molecule is CCC(N)c1cccc(S(=O)(=O)NCC2(C)CCCC2)c1. The molecule has 1 fully saturated rings. The Balaban J connectivity index is 2.12. The van der Waals surface area contributed by atoms with Crippen molar-refractivity contribution in [3.05, 3.63) is 29.8 Å². The molecule has 3 N–H and O–H groups in total. The van der Waals surface area contributed by atoms with Crippen molar-refractivity contribution in [3.8, 4) is 0 Å². The van der Waals surface area contributed by atoms with Crippen molar-refractivity contribution in [2.45, 2.75) is 56.9 Å². The maximum absolute atomic E-state index is 12.4. The molecule has 2 rings (SSSR count). The lowest BCUT2D eigenvalue weighted by molar-refractivity contribution is 0.336. The van der Waals surface area contributed by atoms with E-state index in [0.717, 1.165) is 24.8 Å². The lowest BCUT2D eigenvalue weighted by Gasteiger charge is -2.23. The van der Waals surface area contributed by atoms with Crippen LogP contribution in [0, 0.1) is 5.41 Å². The van der Waals surface area contributed by atoms with E-state index < -0.39 is 10.0 Å². The van der Waals surface area contributed by atoms with E-state index in [1.165, 1.54) is 12.8 Å². The number of nitrogens with two attached hydrogens (primary N) is 1. The summed E-state index contributed by atoms with van der Waals surface area (Å²) in [4.78, 5) is 0.311. The summed E-state index contributed by atoms with van der Waals surface area (Å²) >= 11 is 0. The van der Waals surface area contributed by atoms with E-state index in [-0.39, 0.29) is 11.5 Å². The minimum atomic E-state index is -3.46. The van der Waals surface area contributed by atoms with Gasteiger partial charge in [0.15, 0.2) is 0 Å². The molecule has 5 heteroatoms. The zero-order valence-corrected chi connectivity index (χ0v) is 13.7. The molecule has 0 aliphatic heterocycles. The van der Waals surface area contributed by atoms with Gasteiger partial charge < -0.3 is 5.73 Å². The summed E-state index contributed by atoms with van der Waals surface area (Å²) < 4.78 is 27.7. The second kappa shape index (κ2) is 6.46. The van der Waals surface area contributed by atoms with Gasteiger partial charge >= 0.3 is 0 Å². The molecule has 1 aliphatic rings.